The van der Waals surface area contributed by atoms with E-state index in [9.17, 15) is 4.79 Å². The molecule has 3 aliphatic heterocycles. The Kier molecular flexibility index (Phi) is 4.49. The quantitative estimate of drug-likeness (QED) is 0.927. The summed E-state index contributed by atoms with van der Waals surface area (Å²) in [5.41, 5.74) is 2.59. The minimum atomic E-state index is 0.380. The van der Waals surface area contributed by atoms with Crippen LogP contribution in [0.3, 0.4) is 0 Å². The molecule has 0 saturated carbocycles. The summed E-state index contributed by atoms with van der Waals surface area (Å²) in [5, 5.41) is 3.67. The van der Waals surface area contributed by atoms with Crippen LogP contribution < -0.4 is 10.2 Å². The average molecular weight is 327 g/mol. The fraction of sp³-hybridized carbons (Fsp3) is 0.650. The van der Waals surface area contributed by atoms with Crippen molar-refractivity contribution in [1.29, 1.82) is 0 Å². The van der Waals surface area contributed by atoms with E-state index in [4.69, 9.17) is 0 Å². The standard InChI is InChI=1S/C20H29N3O/c1-15-3-2-4-19(11-15)22-7-9-23(10-8-22)20(24)14-16-12-17-5-6-18(13-16)21-17/h2-4,11,16-18,21H,5-10,12-14H2,1H3. The van der Waals surface area contributed by atoms with Gasteiger partial charge in [0, 0.05) is 50.4 Å². The molecule has 1 amide bonds. The first-order valence-corrected chi connectivity index (χ1v) is 9.53. The van der Waals surface area contributed by atoms with Crippen molar-refractivity contribution in [2.45, 2.75) is 51.1 Å². The summed E-state index contributed by atoms with van der Waals surface area (Å²) < 4.78 is 0. The highest BCUT2D eigenvalue weighted by molar-refractivity contribution is 5.76. The first-order valence-electron chi connectivity index (χ1n) is 9.53. The Morgan fingerprint density at radius 1 is 1.12 bits per heavy atom. The molecule has 3 aliphatic rings. The van der Waals surface area contributed by atoms with E-state index in [1.807, 2.05) is 0 Å². The van der Waals surface area contributed by atoms with Crippen molar-refractivity contribution in [3.05, 3.63) is 29.8 Å². The Morgan fingerprint density at radius 3 is 2.50 bits per heavy atom. The summed E-state index contributed by atoms with van der Waals surface area (Å²) in [6.07, 6.45) is 5.78. The molecule has 2 bridgehead atoms. The smallest absolute Gasteiger partial charge is 0.222 e. The van der Waals surface area contributed by atoms with E-state index >= 15 is 0 Å². The topological polar surface area (TPSA) is 35.6 Å². The normalized spacial score (nSPS) is 29.8. The molecule has 1 aromatic carbocycles. The van der Waals surface area contributed by atoms with Gasteiger partial charge in [0.2, 0.25) is 5.91 Å². The predicted octanol–water partition coefficient (Wildman–Crippen LogP) is 2.56. The SMILES string of the molecule is Cc1cccc(N2CCN(C(=O)CC3CC4CCC(C3)N4)CC2)c1. The number of carbonyl (C=O) groups is 1. The van der Waals surface area contributed by atoms with Crippen molar-refractivity contribution >= 4 is 11.6 Å². The van der Waals surface area contributed by atoms with Crippen LogP contribution in [0.15, 0.2) is 24.3 Å². The molecular formula is C20H29N3O. The van der Waals surface area contributed by atoms with E-state index in [-0.39, 0.29) is 0 Å². The Balaban J connectivity index is 1.28. The Labute approximate surface area is 145 Å². The molecule has 4 rings (SSSR count). The molecule has 4 nitrogen and oxygen atoms in total. The van der Waals surface area contributed by atoms with Gasteiger partial charge in [-0.3, -0.25) is 4.79 Å². The van der Waals surface area contributed by atoms with Crippen molar-refractivity contribution < 1.29 is 4.79 Å². The largest absolute Gasteiger partial charge is 0.368 e. The highest BCUT2D eigenvalue weighted by Gasteiger charge is 2.35. The van der Waals surface area contributed by atoms with Crippen molar-refractivity contribution in [3.63, 3.8) is 0 Å². The first-order chi connectivity index (χ1) is 11.7. The number of amides is 1. The highest BCUT2D eigenvalue weighted by Crippen LogP contribution is 2.33. The van der Waals surface area contributed by atoms with Gasteiger partial charge >= 0.3 is 0 Å². The number of nitrogens with zero attached hydrogens (tertiary/aromatic N) is 2. The number of aryl methyl sites for hydroxylation is 1. The van der Waals surface area contributed by atoms with Crippen LogP contribution in [0.1, 0.15) is 37.7 Å². The third kappa shape index (κ3) is 3.44. The monoisotopic (exact) mass is 327 g/mol. The number of rotatable bonds is 3. The molecule has 130 valence electrons. The zero-order valence-electron chi connectivity index (χ0n) is 14.7. The molecule has 0 aromatic heterocycles. The number of anilines is 1. The van der Waals surface area contributed by atoms with Crippen LogP contribution in [0.2, 0.25) is 0 Å². The van der Waals surface area contributed by atoms with Gasteiger partial charge in [-0.2, -0.15) is 0 Å². The second-order valence-electron chi connectivity index (χ2n) is 7.89. The minimum absolute atomic E-state index is 0.380. The van der Waals surface area contributed by atoms with Crippen molar-refractivity contribution in [2.75, 3.05) is 31.1 Å². The predicted molar refractivity (Wildman–Crippen MR) is 97.3 cm³/mol. The van der Waals surface area contributed by atoms with Gasteiger partial charge in [-0.25, -0.2) is 0 Å². The average Bonchev–Trinajstić information content (AvgIpc) is 2.93. The van der Waals surface area contributed by atoms with Gasteiger partial charge in [-0.05, 0) is 56.2 Å². The van der Waals surface area contributed by atoms with Gasteiger partial charge in [0.15, 0.2) is 0 Å². The highest BCUT2D eigenvalue weighted by atomic mass is 16.2. The molecule has 0 aliphatic carbocycles. The zero-order valence-corrected chi connectivity index (χ0v) is 14.7. The van der Waals surface area contributed by atoms with Crippen molar-refractivity contribution in [1.82, 2.24) is 10.2 Å². The molecule has 0 radical (unpaired) electrons. The van der Waals surface area contributed by atoms with Gasteiger partial charge in [0.1, 0.15) is 0 Å². The lowest BCUT2D eigenvalue weighted by atomic mass is 9.89. The summed E-state index contributed by atoms with van der Waals surface area (Å²) in [6, 6.07) is 10.0. The van der Waals surface area contributed by atoms with E-state index in [0.717, 1.165) is 32.6 Å². The van der Waals surface area contributed by atoms with E-state index < -0.39 is 0 Å². The van der Waals surface area contributed by atoms with Gasteiger partial charge in [-0.15, -0.1) is 0 Å². The molecule has 24 heavy (non-hydrogen) atoms. The number of piperazine rings is 1. The van der Waals surface area contributed by atoms with E-state index in [0.29, 0.717) is 23.9 Å². The maximum atomic E-state index is 12.7. The van der Waals surface area contributed by atoms with Crippen LogP contribution in [0.4, 0.5) is 5.69 Å². The van der Waals surface area contributed by atoms with Crippen molar-refractivity contribution in [3.8, 4) is 0 Å². The van der Waals surface area contributed by atoms with Crippen LogP contribution in [-0.4, -0.2) is 49.1 Å². The third-order valence-corrected chi connectivity index (χ3v) is 6.03. The fourth-order valence-electron chi connectivity index (χ4n) is 4.76. The summed E-state index contributed by atoms with van der Waals surface area (Å²) >= 11 is 0. The molecule has 1 aromatic rings. The number of fused-ring (bicyclic) bond motifs is 2. The van der Waals surface area contributed by atoms with Crippen LogP contribution in [0, 0.1) is 12.8 Å². The summed E-state index contributed by atoms with van der Waals surface area (Å²) in [4.78, 5) is 17.2. The molecule has 2 unspecified atom stereocenters. The molecule has 3 heterocycles. The van der Waals surface area contributed by atoms with Gasteiger partial charge in [0.25, 0.3) is 0 Å². The Bertz CT molecular complexity index is 582. The number of piperidine rings is 1. The summed E-state index contributed by atoms with van der Waals surface area (Å²) in [6.45, 7) is 5.77. The number of nitrogens with one attached hydrogen (secondary N) is 1. The van der Waals surface area contributed by atoms with Crippen LogP contribution >= 0.6 is 0 Å². The van der Waals surface area contributed by atoms with E-state index in [1.165, 1.54) is 36.9 Å². The molecule has 0 spiro atoms. The molecule has 3 fully saturated rings. The first kappa shape index (κ1) is 15.9. The van der Waals surface area contributed by atoms with Gasteiger partial charge in [0.05, 0.1) is 0 Å². The van der Waals surface area contributed by atoms with E-state index in [1.54, 1.807) is 0 Å². The molecule has 2 atom stereocenters. The maximum Gasteiger partial charge on any atom is 0.222 e. The lowest BCUT2D eigenvalue weighted by molar-refractivity contribution is -0.132. The Morgan fingerprint density at radius 2 is 1.83 bits per heavy atom. The number of hydrogen-bond acceptors (Lipinski definition) is 3. The van der Waals surface area contributed by atoms with E-state index in [2.05, 4.69) is 46.3 Å². The molecule has 4 heteroatoms. The number of carbonyl (C=O) groups excluding carboxylic acids is 1. The van der Waals surface area contributed by atoms with Crippen molar-refractivity contribution in [2.24, 2.45) is 5.92 Å². The fourth-order valence-corrected chi connectivity index (χ4v) is 4.76. The minimum Gasteiger partial charge on any atom is -0.368 e. The van der Waals surface area contributed by atoms with Gasteiger partial charge in [-0.1, -0.05) is 12.1 Å². The molecular weight excluding hydrogens is 298 g/mol. The third-order valence-electron chi connectivity index (χ3n) is 6.03. The van der Waals surface area contributed by atoms with Gasteiger partial charge < -0.3 is 15.1 Å². The second kappa shape index (κ2) is 6.75. The summed E-state index contributed by atoms with van der Waals surface area (Å²) in [5.74, 6) is 0.983. The maximum absolute atomic E-state index is 12.7. The second-order valence-corrected chi connectivity index (χ2v) is 7.89. The Hall–Kier alpha value is -1.55. The lowest BCUT2D eigenvalue weighted by Crippen LogP contribution is -2.49. The summed E-state index contributed by atoms with van der Waals surface area (Å²) in [7, 11) is 0. The van der Waals surface area contributed by atoms with Crippen LogP contribution in [0.5, 0.6) is 0 Å². The molecule has 1 N–H and O–H groups in total. The molecule has 3 saturated heterocycles. The number of benzene rings is 1. The van der Waals surface area contributed by atoms with Crippen LogP contribution in [-0.2, 0) is 4.79 Å². The number of hydrogen-bond donors (Lipinski definition) is 1. The zero-order chi connectivity index (χ0) is 16.5. The van der Waals surface area contributed by atoms with Crippen LogP contribution in [0.25, 0.3) is 0 Å². The lowest BCUT2D eigenvalue weighted by Gasteiger charge is -2.37.